The van der Waals surface area contributed by atoms with Gasteiger partial charge in [-0.25, -0.2) is 4.84 Å². The first-order valence-electron chi connectivity index (χ1n) is 7.21. The maximum absolute atomic E-state index is 7.94. The number of nitrogens with zero attached hydrogens (tertiary/aromatic N) is 1. The molecule has 2 aromatic carbocycles. The fourth-order valence-corrected chi connectivity index (χ4v) is 1.70. The fourth-order valence-electron chi connectivity index (χ4n) is 1.70. The summed E-state index contributed by atoms with van der Waals surface area (Å²) in [6.45, 7) is 2.21. The summed E-state index contributed by atoms with van der Waals surface area (Å²) in [7, 11) is 0. The zero-order valence-corrected chi connectivity index (χ0v) is 13.2. The van der Waals surface area contributed by atoms with Crippen molar-refractivity contribution in [3.8, 4) is 5.75 Å². The van der Waals surface area contributed by atoms with Gasteiger partial charge in [0.05, 0.1) is 0 Å². The van der Waals surface area contributed by atoms with Crippen LogP contribution in [-0.4, -0.2) is 17.1 Å². The van der Waals surface area contributed by atoms with Gasteiger partial charge in [0, 0.05) is 0 Å². The summed E-state index contributed by atoms with van der Waals surface area (Å²) in [6.07, 6.45) is 0. The molecule has 0 heterocycles. The van der Waals surface area contributed by atoms with Crippen LogP contribution in [0.15, 0.2) is 54.6 Å². The molecule has 8 nitrogen and oxygen atoms in total. The molecule has 0 atom stereocenters. The summed E-state index contributed by atoms with van der Waals surface area (Å²) >= 11 is 0. The highest BCUT2D eigenvalue weighted by Gasteiger charge is 2.14. The predicted octanol–water partition coefficient (Wildman–Crippen LogP) is 1.65. The summed E-state index contributed by atoms with van der Waals surface area (Å²) in [6, 6.07) is 16.7. The zero-order chi connectivity index (χ0) is 17.4. The molecule has 0 aromatic heterocycles. The quantitative estimate of drug-likeness (QED) is 0.323. The van der Waals surface area contributed by atoms with Crippen LogP contribution in [0.2, 0.25) is 0 Å². The van der Waals surface area contributed by atoms with E-state index in [1.165, 1.54) is 0 Å². The third-order valence-corrected chi connectivity index (χ3v) is 2.90. The summed E-state index contributed by atoms with van der Waals surface area (Å²) in [4.78, 5) is 11.1. The number of hydrogen-bond acceptors (Lipinski definition) is 4. The van der Waals surface area contributed by atoms with Crippen molar-refractivity contribution < 1.29 is 9.68 Å². The normalized spacial score (nSPS) is 9.88. The summed E-state index contributed by atoms with van der Waals surface area (Å²) in [5.74, 6) is -0.102. The second-order valence-electron chi connectivity index (χ2n) is 4.93. The molecular formula is C16H20N6O2. The molecule has 24 heavy (non-hydrogen) atoms. The number of hydrazine groups is 1. The van der Waals surface area contributed by atoms with Crippen molar-refractivity contribution in [3.63, 3.8) is 0 Å². The minimum absolute atomic E-state index is 0.206. The average molecular weight is 328 g/mol. The Morgan fingerprint density at radius 3 is 2.33 bits per heavy atom. The monoisotopic (exact) mass is 328 g/mol. The lowest BCUT2D eigenvalue weighted by Gasteiger charge is -2.23. The van der Waals surface area contributed by atoms with Crippen molar-refractivity contribution in [1.82, 2.24) is 16.1 Å². The van der Waals surface area contributed by atoms with Gasteiger partial charge < -0.3 is 10.6 Å². The minimum atomic E-state index is -0.335. The second-order valence-corrected chi connectivity index (χ2v) is 4.93. The van der Waals surface area contributed by atoms with E-state index >= 15 is 0 Å². The van der Waals surface area contributed by atoms with Gasteiger partial charge in [-0.05, 0) is 29.8 Å². The molecule has 0 aliphatic rings. The Labute approximate surface area is 140 Å². The number of nitrogens with two attached hydrogens (primary N) is 1. The third-order valence-electron chi connectivity index (χ3n) is 2.90. The number of hydroxylamine groups is 2. The van der Waals surface area contributed by atoms with Gasteiger partial charge in [-0.2, -0.15) is 0 Å². The van der Waals surface area contributed by atoms with Crippen LogP contribution in [0, 0.1) is 17.7 Å². The van der Waals surface area contributed by atoms with E-state index in [4.69, 9.17) is 26.2 Å². The van der Waals surface area contributed by atoms with Crippen molar-refractivity contribution >= 4 is 11.9 Å². The predicted molar refractivity (Wildman–Crippen MR) is 90.8 cm³/mol. The van der Waals surface area contributed by atoms with Gasteiger partial charge in [-0.1, -0.05) is 48.0 Å². The Hall–Kier alpha value is -3.26. The standard InChI is InChI=1S/C16H20N6O2/c1-12-7-9-13(10-8-12)11-23-22(16(19)21-20-15(17)18)24-14-5-3-2-4-6-14/h2-10H,11H2,1H3,(H2,19,21)(H4,17,18,20). The highest BCUT2D eigenvalue weighted by molar-refractivity contribution is 5.80. The molecule has 2 aromatic rings. The number of rotatable bonds is 5. The Balaban J connectivity index is 2.02. The second kappa shape index (κ2) is 8.39. The molecule has 6 N–H and O–H groups in total. The summed E-state index contributed by atoms with van der Waals surface area (Å²) in [5, 5.41) is 16.0. The summed E-state index contributed by atoms with van der Waals surface area (Å²) < 4.78 is 0. The van der Waals surface area contributed by atoms with Gasteiger partial charge in [-0.3, -0.25) is 21.7 Å². The van der Waals surface area contributed by atoms with Crippen LogP contribution in [0.3, 0.4) is 0 Å². The van der Waals surface area contributed by atoms with Gasteiger partial charge >= 0.3 is 0 Å². The molecule has 0 aliphatic heterocycles. The molecule has 0 radical (unpaired) electrons. The van der Waals surface area contributed by atoms with Crippen LogP contribution < -0.4 is 21.4 Å². The minimum Gasteiger partial charge on any atom is -0.369 e. The lowest BCUT2D eigenvalue weighted by atomic mass is 10.2. The molecule has 0 spiro atoms. The van der Waals surface area contributed by atoms with Crippen LogP contribution in [0.5, 0.6) is 5.75 Å². The van der Waals surface area contributed by atoms with Crippen LogP contribution in [0.25, 0.3) is 0 Å². The molecule has 0 unspecified atom stereocenters. The number of aryl methyl sites for hydroxylation is 1. The first-order valence-corrected chi connectivity index (χ1v) is 7.21. The first-order chi connectivity index (χ1) is 11.5. The van der Waals surface area contributed by atoms with Crippen molar-refractivity contribution in [2.24, 2.45) is 5.73 Å². The van der Waals surface area contributed by atoms with E-state index < -0.39 is 0 Å². The van der Waals surface area contributed by atoms with Crippen LogP contribution >= 0.6 is 0 Å². The SMILES string of the molecule is Cc1ccc(CON(Oc2ccccc2)C(=N)NNC(=N)N)cc1. The number of nitrogens with one attached hydrogen (secondary N) is 4. The lowest BCUT2D eigenvalue weighted by molar-refractivity contribution is -0.272. The Kier molecular flexibility index (Phi) is 5.98. The fraction of sp³-hybridized carbons (Fsp3) is 0.125. The molecule has 8 heteroatoms. The van der Waals surface area contributed by atoms with Gasteiger partial charge in [0.25, 0.3) is 5.96 Å². The van der Waals surface area contributed by atoms with E-state index in [9.17, 15) is 0 Å². The number of benzene rings is 2. The highest BCUT2D eigenvalue weighted by Crippen LogP contribution is 2.12. The van der Waals surface area contributed by atoms with E-state index in [1.54, 1.807) is 24.3 Å². The number of hydrogen-bond donors (Lipinski definition) is 5. The smallest absolute Gasteiger partial charge is 0.274 e. The Morgan fingerprint density at radius 2 is 1.71 bits per heavy atom. The van der Waals surface area contributed by atoms with Crippen LogP contribution in [0.1, 0.15) is 11.1 Å². The van der Waals surface area contributed by atoms with Crippen molar-refractivity contribution in [1.29, 1.82) is 10.8 Å². The van der Waals surface area contributed by atoms with Crippen LogP contribution in [0.4, 0.5) is 0 Å². The molecule has 0 fully saturated rings. The highest BCUT2D eigenvalue weighted by atomic mass is 17.0. The van der Waals surface area contributed by atoms with E-state index in [-0.39, 0.29) is 18.5 Å². The maximum atomic E-state index is 7.94. The van der Waals surface area contributed by atoms with Crippen molar-refractivity contribution in [3.05, 3.63) is 65.7 Å². The van der Waals surface area contributed by atoms with E-state index in [1.807, 2.05) is 37.3 Å². The zero-order valence-electron chi connectivity index (χ0n) is 13.2. The first kappa shape index (κ1) is 17.1. The summed E-state index contributed by atoms with van der Waals surface area (Å²) in [5.41, 5.74) is 12.0. The third kappa shape index (κ3) is 5.50. The van der Waals surface area contributed by atoms with Gasteiger partial charge in [0.1, 0.15) is 6.61 Å². The Bertz CT molecular complexity index is 675. The maximum Gasteiger partial charge on any atom is 0.274 e. The van der Waals surface area contributed by atoms with Crippen LogP contribution in [-0.2, 0) is 11.4 Å². The molecule has 2 rings (SSSR count). The van der Waals surface area contributed by atoms with E-state index in [2.05, 4.69) is 10.9 Å². The van der Waals surface area contributed by atoms with Gasteiger partial charge in [-0.15, -0.1) is 0 Å². The molecule has 126 valence electrons. The van der Waals surface area contributed by atoms with Gasteiger partial charge in [0.2, 0.25) is 5.96 Å². The lowest BCUT2D eigenvalue weighted by Crippen LogP contribution is -2.52. The van der Waals surface area contributed by atoms with Crippen molar-refractivity contribution in [2.75, 3.05) is 0 Å². The van der Waals surface area contributed by atoms with E-state index in [0.29, 0.717) is 5.75 Å². The average Bonchev–Trinajstić information content (AvgIpc) is 2.58. The van der Waals surface area contributed by atoms with E-state index in [0.717, 1.165) is 16.4 Å². The Morgan fingerprint density at radius 1 is 1.04 bits per heavy atom. The molecule has 0 saturated heterocycles. The molecule has 0 bridgehead atoms. The number of para-hydroxylation sites is 1. The molecule has 0 saturated carbocycles. The van der Waals surface area contributed by atoms with Gasteiger partial charge in [0.15, 0.2) is 5.75 Å². The molecule has 0 amide bonds. The number of guanidine groups is 2. The molecule has 0 aliphatic carbocycles. The largest absolute Gasteiger partial charge is 0.369 e. The molecular weight excluding hydrogens is 308 g/mol. The topological polar surface area (TPSA) is 119 Å². The van der Waals surface area contributed by atoms with Crippen molar-refractivity contribution in [2.45, 2.75) is 13.5 Å².